The molecule has 1 aliphatic rings. The van der Waals surface area contributed by atoms with Crippen LogP contribution >= 0.6 is 27.5 Å². The van der Waals surface area contributed by atoms with Gasteiger partial charge in [-0.3, -0.25) is 4.79 Å². The summed E-state index contributed by atoms with van der Waals surface area (Å²) in [4.78, 5) is 26.8. The number of urea groups is 1. The topological polar surface area (TPSA) is 61.9 Å². The fourth-order valence-electron chi connectivity index (χ4n) is 2.38. The van der Waals surface area contributed by atoms with Gasteiger partial charge in [0.1, 0.15) is 5.75 Å². The number of nitrogens with one attached hydrogen (secondary N) is 1. The SMILES string of the molecule is CC(=O)N1CCN(C(=O)NCCCOc2ccc(Br)cc2Cl)CC1. The summed E-state index contributed by atoms with van der Waals surface area (Å²) in [6.07, 6.45) is 0.686. The van der Waals surface area contributed by atoms with Gasteiger partial charge >= 0.3 is 6.03 Å². The van der Waals surface area contributed by atoms with Crippen molar-refractivity contribution < 1.29 is 14.3 Å². The summed E-state index contributed by atoms with van der Waals surface area (Å²) in [7, 11) is 0. The molecule has 1 N–H and O–H groups in total. The number of hydrogen-bond acceptors (Lipinski definition) is 3. The van der Waals surface area contributed by atoms with Gasteiger partial charge < -0.3 is 19.9 Å². The Balaban J connectivity index is 1.62. The van der Waals surface area contributed by atoms with Gasteiger partial charge in [-0.1, -0.05) is 27.5 Å². The smallest absolute Gasteiger partial charge is 0.317 e. The summed E-state index contributed by atoms with van der Waals surface area (Å²) in [5.41, 5.74) is 0. The molecule has 0 atom stereocenters. The average molecular weight is 419 g/mol. The molecule has 0 aromatic heterocycles. The quantitative estimate of drug-likeness (QED) is 0.748. The lowest BCUT2D eigenvalue weighted by Gasteiger charge is -2.34. The van der Waals surface area contributed by atoms with Crippen molar-refractivity contribution in [2.75, 3.05) is 39.3 Å². The van der Waals surface area contributed by atoms with Crippen molar-refractivity contribution in [3.8, 4) is 5.75 Å². The molecule has 0 unspecified atom stereocenters. The molecule has 0 saturated carbocycles. The fourth-order valence-corrected chi connectivity index (χ4v) is 3.11. The molecule has 0 radical (unpaired) electrons. The predicted molar refractivity (Wildman–Crippen MR) is 96.5 cm³/mol. The van der Waals surface area contributed by atoms with Gasteiger partial charge in [-0.2, -0.15) is 0 Å². The molecule has 2 rings (SSSR count). The third kappa shape index (κ3) is 5.56. The zero-order chi connectivity index (χ0) is 17.5. The lowest BCUT2D eigenvalue weighted by molar-refractivity contribution is -0.130. The van der Waals surface area contributed by atoms with Crippen LogP contribution in [0.3, 0.4) is 0 Å². The van der Waals surface area contributed by atoms with E-state index in [9.17, 15) is 9.59 Å². The Morgan fingerprint density at radius 1 is 1.25 bits per heavy atom. The number of carbonyl (C=O) groups is 2. The molecule has 132 valence electrons. The van der Waals surface area contributed by atoms with Crippen molar-refractivity contribution in [3.63, 3.8) is 0 Å². The van der Waals surface area contributed by atoms with E-state index in [4.69, 9.17) is 16.3 Å². The molecule has 6 nitrogen and oxygen atoms in total. The van der Waals surface area contributed by atoms with Crippen LogP contribution in [-0.4, -0.2) is 61.1 Å². The van der Waals surface area contributed by atoms with Gasteiger partial charge in [-0.25, -0.2) is 4.79 Å². The number of rotatable bonds is 5. The highest BCUT2D eigenvalue weighted by molar-refractivity contribution is 9.10. The first-order chi connectivity index (χ1) is 11.5. The number of nitrogens with zero attached hydrogens (tertiary/aromatic N) is 2. The molecule has 0 aliphatic carbocycles. The largest absolute Gasteiger partial charge is 0.492 e. The van der Waals surface area contributed by atoms with Crippen LogP contribution in [0.4, 0.5) is 4.79 Å². The lowest BCUT2D eigenvalue weighted by Crippen LogP contribution is -2.52. The van der Waals surface area contributed by atoms with Crippen LogP contribution in [0.25, 0.3) is 0 Å². The standard InChI is InChI=1S/C16H21BrClN3O3/c1-12(22)20-6-8-21(9-7-20)16(23)19-5-2-10-24-15-4-3-13(17)11-14(15)18/h3-4,11H,2,5-10H2,1H3,(H,19,23). The molecule has 1 fully saturated rings. The van der Waals surface area contributed by atoms with E-state index in [1.165, 1.54) is 0 Å². The van der Waals surface area contributed by atoms with Crippen molar-refractivity contribution in [3.05, 3.63) is 27.7 Å². The number of carbonyl (C=O) groups excluding carboxylic acids is 2. The van der Waals surface area contributed by atoms with Crippen LogP contribution in [0.15, 0.2) is 22.7 Å². The van der Waals surface area contributed by atoms with E-state index in [0.29, 0.717) is 56.5 Å². The van der Waals surface area contributed by atoms with E-state index in [1.807, 2.05) is 6.07 Å². The molecular weight excluding hydrogens is 398 g/mol. The Kier molecular flexibility index (Phi) is 7.17. The van der Waals surface area contributed by atoms with E-state index in [0.717, 1.165) is 4.47 Å². The summed E-state index contributed by atoms with van der Waals surface area (Å²) < 4.78 is 6.50. The fraction of sp³-hybridized carbons (Fsp3) is 0.500. The first-order valence-electron chi connectivity index (χ1n) is 7.83. The summed E-state index contributed by atoms with van der Waals surface area (Å²) >= 11 is 9.41. The van der Waals surface area contributed by atoms with Crippen LogP contribution in [0, 0.1) is 0 Å². The second-order valence-electron chi connectivity index (χ2n) is 5.50. The first kappa shape index (κ1) is 18.9. The molecule has 0 spiro atoms. The third-order valence-corrected chi connectivity index (χ3v) is 4.55. The van der Waals surface area contributed by atoms with Crippen molar-refractivity contribution in [2.45, 2.75) is 13.3 Å². The molecule has 1 aromatic rings. The van der Waals surface area contributed by atoms with Gasteiger partial charge in [-0.05, 0) is 24.6 Å². The molecule has 1 saturated heterocycles. The van der Waals surface area contributed by atoms with Crippen LogP contribution in [0.1, 0.15) is 13.3 Å². The Hall–Kier alpha value is -1.47. The van der Waals surface area contributed by atoms with Crippen molar-refractivity contribution in [2.24, 2.45) is 0 Å². The number of amides is 3. The number of ether oxygens (including phenoxy) is 1. The number of halogens is 2. The highest BCUT2D eigenvalue weighted by Gasteiger charge is 2.21. The monoisotopic (exact) mass is 417 g/mol. The number of benzene rings is 1. The zero-order valence-electron chi connectivity index (χ0n) is 13.6. The number of piperazine rings is 1. The minimum Gasteiger partial charge on any atom is -0.492 e. The van der Waals surface area contributed by atoms with Crippen molar-refractivity contribution in [1.82, 2.24) is 15.1 Å². The van der Waals surface area contributed by atoms with Crippen molar-refractivity contribution in [1.29, 1.82) is 0 Å². The van der Waals surface area contributed by atoms with Crippen LogP contribution in [0.2, 0.25) is 5.02 Å². The maximum Gasteiger partial charge on any atom is 0.317 e. The van der Waals surface area contributed by atoms with Gasteiger partial charge in [0.2, 0.25) is 5.91 Å². The third-order valence-electron chi connectivity index (χ3n) is 3.76. The zero-order valence-corrected chi connectivity index (χ0v) is 15.9. The van der Waals surface area contributed by atoms with Gasteiger partial charge in [0, 0.05) is 44.1 Å². The predicted octanol–water partition coefficient (Wildman–Crippen LogP) is 2.75. The molecule has 24 heavy (non-hydrogen) atoms. The molecular formula is C16H21BrClN3O3. The normalized spacial score (nSPS) is 14.5. The van der Waals surface area contributed by atoms with Crippen LogP contribution in [0.5, 0.6) is 5.75 Å². The van der Waals surface area contributed by atoms with Gasteiger partial charge in [0.15, 0.2) is 0 Å². The molecule has 0 bridgehead atoms. The molecule has 1 heterocycles. The first-order valence-corrected chi connectivity index (χ1v) is 9.00. The minimum atomic E-state index is -0.0973. The Labute approximate surface area is 155 Å². The Morgan fingerprint density at radius 2 is 1.92 bits per heavy atom. The van der Waals surface area contributed by atoms with E-state index in [2.05, 4.69) is 21.2 Å². The summed E-state index contributed by atoms with van der Waals surface area (Å²) in [6, 6.07) is 5.35. The maximum atomic E-state index is 12.0. The highest BCUT2D eigenvalue weighted by atomic mass is 79.9. The van der Waals surface area contributed by atoms with Crippen LogP contribution in [-0.2, 0) is 4.79 Å². The van der Waals surface area contributed by atoms with Crippen LogP contribution < -0.4 is 10.1 Å². The highest BCUT2D eigenvalue weighted by Crippen LogP contribution is 2.27. The maximum absolute atomic E-state index is 12.0. The lowest BCUT2D eigenvalue weighted by atomic mass is 10.3. The van der Waals surface area contributed by atoms with E-state index < -0.39 is 0 Å². The summed E-state index contributed by atoms with van der Waals surface area (Å²) in [5, 5.41) is 3.42. The minimum absolute atomic E-state index is 0.0545. The molecule has 8 heteroatoms. The van der Waals surface area contributed by atoms with Gasteiger partial charge in [0.25, 0.3) is 0 Å². The average Bonchev–Trinajstić information content (AvgIpc) is 2.56. The van der Waals surface area contributed by atoms with Crippen molar-refractivity contribution >= 4 is 39.5 Å². The van der Waals surface area contributed by atoms with E-state index >= 15 is 0 Å². The second kappa shape index (κ2) is 9.13. The summed E-state index contributed by atoms with van der Waals surface area (Å²) in [5.74, 6) is 0.686. The second-order valence-corrected chi connectivity index (χ2v) is 6.82. The summed E-state index contributed by atoms with van der Waals surface area (Å²) in [6.45, 7) is 4.86. The molecule has 3 amide bonds. The number of hydrogen-bond donors (Lipinski definition) is 1. The van der Waals surface area contributed by atoms with E-state index in [-0.39, 0.29) is 11.9 Å². The van der Waals surface area contributed by atoms with E-state index in [1.54, 1.807) is 28.9 Å². The molecule has 1 aliphatic heterocycles. The Morgan fingerprint density at radius 3 is 2.54 bits per heavy atom. The van der Waals surface area contributed by atoms with Gasteiger partial charge in [0.05, 0.1) is 11.6 Å². The van der Waals surface area contributed by atoms with Gasteiger partial charge in [-0.15, -0.1) is 0 Å². The Bertz CT molecular complexity index is 592. The molecule has 1 aromatic carbocycles.